The van der Waals surface area contributed by atoms with E-state index in [2.05, 4.69) is 35.3 Å². The van der Waals surface area contributed by atoms with E-state index >= 15 is 0 Å². The van der Waals surface area contributed by atoms with Gasteiger partial charge < -0.3 is 0 Å². The van der Waals surface area contributed by atoms with Gasteiger partial charge in [0.25, 0.3) is 0 Å². The summed E-state index contributed by atoms with van der Waals surface area (Å²) in [5.74, 6) is 0.0394. The van der Waals surface area contributed by atoms with Gasteiger partial charge >= 0.3 is 0 Å². The first kappa shape index (κ1) is 13.6. The molecule has 0 fully saturated rings. The van der Waals surface area contributed by atoms with E-state index in [1.807, 2.05) is 36.4 Å². The Kier molecular flexibility index (Phi) is 3.35. The van der Waals surface area contributed by atoms with E-state index in [1.54, 1.807) is 12.2 Å². The van der Waals surface area contributed by atoms with E-state index in [-0.39, 0.29) is 5.78 Å². The second kappa shape index (κ2) is 5.65. The summed E-state index contributed by atoms with van der Waals surface area (Å²) in [6, 6.07) is 18.7. The van der Waals surface area contributed by atoms with Crippen molar-refractivity contribution in [3.63, 3.8) is 0 Å². The first-order valence-corrected chi connectivity index (χ1v) is 7.67. The first-order chi connectivity index (χ1) is 11.3. The summed E-state index contributed by atoms with van der Waals surface area (Å²) in [7, 11) is 0. The number of carbonyl (C=O) groups excluding carboxylic acids is 1. The van der Waals surface area contributed by atoms with Crippen LogP contribution in [0.25, 0.3) is 11.1 Å². The van der Waals surface area contributed by atoms with Crippen LogP contribution in [0.4, 0.5) is 0 Å². The quantitative estimate of drug-likeness (QED) is 0.830. The highest BCUT2D eigenvalue weighted by Gasteiger charge is 2.21. The van der Waals surface area contributed by atoms with Gasteiger partial charge in [0.15, 0.2) is 5.78 Å². The first-order valence-electron chi connectivity index (χ1n) is 7.67. The lowest BCUT2D eigenvalue weighted by Gasteiger charge is -2.09. The SMILES string of the molecule is O=C1C=CC=C2N=C(Cc3ccccc3-c3ccccc3)C=C12. The molecule has 0 saturated heterocycles. The lowest BCUT2D eigenvalue weighted by Crippen LogP contribution is -2.02. The summed E-state index contributed by atoms with van der Waals surface area (Å²) in [6.07, 6.45) is 7.88. The highest BCUT2D eigenvalue weighted by molar-refractivity contribution is 6.17. The number of hydrogen-bond acceptors (Lipinski definition) is 2. The molecule has 0 radical (unpaired) electrons. The van der Waals surface area contributed by atoms with Gasteiger partial charge in [-0.3, -0.25) is 9.79 Å². The minimum Gasteiger partial charge on any atom is -0.289 e. The molecule has 2 aliphatic rings. The van der Waals surface area contributed by atoms with E-state index in [4.69, 9.17) is 0 Å². The Morgan fingerprint density at radius 1 is 0.913 bits per heavy atom. The van der Waals surface area contributed by atoms with Crippen molar-refractivity contribution in [3.05, 3.63) is 95.7 Å². The van der Waals surface area contributed by atoms with Crippen LogP contribution < -0.4 is 0 Å². The number of nitrogens with zero attached hydrogens (tertiary/aromatic N) is 1. The molecule has 110 valence electrons. The smallest absolute Gasteiger partial charge is 0.188 e. The van der Waals surface area contributed by atoms with E-state index in [9.17, 15) is 4.79 Å². The van der Waals surface area contributed by atoms with Gasteiger partial charge in [-0.2, -0.15) is 0 Å². The normalized spacial score (nSPS) is 15.8. The Hall–Kier alpha value is -3.00. The summed E-state index contributed by atoms with van der Waals surface area (Å²) in [6.45, 7) is 0. The van der Waals surface area contributed by atoms with Crippen LogP contribution in [0.5, 0.6) is 0 Å². The molecule has 1 aliphatic carbocycles. The monoisotopic (exact) mass is 297 g/mol. The molecule has 0 spiro atoms. The number of rotatable bonds is 3. The number of carbonyl (C=O) groups is 1. The number of fused-ring (bicyclic) bond motifs is 1. The lowest BCUT2D eigenvalue weighted by atomic mass is 9.95. The molecule has 0 saturated carbocycles. The van der Waals surface area contributed by atoms with Gasteiger partial charge in [0.1, 0.15) is 0 Å². The minimum atomic E-state index is 0.0394. The second-order valence-corrected chi connectivity index (χ2v) is 5.64. The molecule has 1 aliphatic heterocycles. The van der Waals surface area contributed by atoms with Gasteiger partial charge in [0.2, 0.25) is 0 Å². The molecular weight excluding hydrogens is 282 g/mol. The number of benzene rings is 2. The summed E-state index contributed by atoms with van der Waals surface area (Å²) in [4.78, 5) is 16.5. The molecule has 2 aromatic carbocycles. The third-order valence-electron chi connectivity index (χ3n) is 4.09. The molecule has 2 nitrogen and oxygen atoms in total. The molecule has 2 heteroatoms. The largest absolute Gasteiger partial charge is 0.289 e. The average Bonchev–Trinajstić information content (AvgIpc) is 3.00. The summed E-state index contributed by atoms with van der Waals surface area (Å²) < 4.78 is 0. The topological polar surface area (TPSA) is 29.4 Å². The molecule has 2 aromatic rings. The van der Waals surface area contributed by atoms with E-state index in [0.717, 1.165) is 17.8 Å². The van der Waals surface area contributed by atoms with Crippen LogP contribution in [-0.2, 0) is 11.2 Å². The maximum absolute atomic E-state index is 11.9. The van der Waals surface area contributed by atoms with Crippen molar-refractivity contribution >= 4 is 11.5 Å². The molecule has 0 aromatic heterocycles. The molecular formula is C21H15NO. The molecule has 23 heavy (non-hydrogen) atoms. The molecule has 4 rings (SSSR count). The second-order valence-electron chi connectivity index (χ2n) is 5.64. The molecule has 0 N–H and O–H groups in total. The van der Waals surface area contributed by atoms with Gasteiger partial charge in [-0.05, 0) is 34.9 Å². The van der Waals surface area contributed by atoms with E-state index < -0.39 is 0 Å². The van der Waals surface area contributed by atoms with Crippen LogP contribution in [0.3, 0.4) is 0 Å². The van der Waals surface area contributed by atoms with Crippen LogP contribution >= 0.6 is 0 Å². The van der Waals surface area contributed by atoms with Gasteiger partial charge in [0, 0.05) is 17.7 Å². The highest BCUT2D eigenvalue weighted by Crippen LogP contribution is 2.28. The molecule has 0 atom stereocenters. The Balaban J connectivity index is 1.68. The van der Waals surface area contributed by atoms with Crippen LogP contribution in [0.1, 0.15) is 5.56 Å². The van der Waals surface area contributed by atoms with Crippen LogP contribution in [-0.4, -0.2) is 11.5 Å². The molecule has 0 amide bonds. The average molecular weight is 297 g/mol. The fourth-order valence-electron chi connectivity index (χ4n) is 2.99. The Morgan fingerprint density at radius 3 is 2.52 bits per heavy atom. The van der Waals surface area contributed by atoms with Gasteiger partial charge in [-0.25, -0.2) is 0 Å². The zero-order chi connectivity index (χ0) is 15.6. The van der Waals surface area contributed by atoms with Gasteiger partial charge in [-0.1, -0.05) is 60.7 Å². The van der Waals surface area contributed by atoms with Crippen molar-refractivity contribution in [2.75, 3.05) is 0 Å². The summed E-state index contributed by atoms with van der Waals surface area (Å²) in [5, 5.41) is 0. The van der Waals surface area contributed by atoms with Crippen molar-refractivity contribution in [2.45, 2.75) is 6.42 Å². The van der Waals surface area contributed by atoms with Crippen molar-refractivity contribution in [2.24, 2.45) is 4.99 Å². The molecule has 0 unspecified atom stereocenters. The van der Waals surface area contributed by atoms with E-state index in [1.165, 1.54) is 16.7 Å². The standard InChI is InChI=1S/C21H15NO/c23-21-12-6-11-20-19(21)14-17(22-20)13-16-9-4-5-10-18(16)15-7-2-1-3-8-15/h1-12,14H,13H2. The Labute approximate surface area is 135 Å². The Morgan fingerprint density at radius 2 is 1.70 bits per heavy atom. The third kappa shape index (κ3) is 2.59. The minimum absolute atomic E-state index is 0.0394. The highest BCUT2D eigenvalue weighted by atomic mass is 16.1. The number of allylic oxidation sites excluding steroid dienone is 5. The number of hydrogen-bond donors (Lipinski definition) is 0. The predicted molar refractivity (Wildman–Crippen MR) is 93.3 cm³/mol. The molecule has 1 heterocycles. The summed E-state index contributed by atoms with van der Waals surface area (Å²) >= 11 is 0. The maximum Gasteiger partial charge on any atom is 0.188 e. The number of ketones is 1. The van der Waals surface area contributed by atoms with E-state index in [0.29, 0.717) is 5.57 Å². The van der Waals surface area contributed by atoms with Gasteiger partial charge in [0.05, 0.1) is 5.70 Å². The fraction of sp³-hybridized carbons (Fsp3) is 0.0476. The molecule has 0 bridgehead atoms. The predicted octanol–water partition coefficient (Wildman–Crippen LogP) is 4.30. The zero-order valence-corrected chi connectivity index (χ0v) is 12.6. The van der Waals surface area contributed by atoms with Crippen molar-refractivity contribution < 1.29 is 4.79 Å². The number of aliphatic imine (C=N–C) groups is 1. The maximum atomic E-state index is 11.9. The van der Waals surface area contributed by atoms with Crippen LogP contribution in [0, 0.1) is 0 Å². The van der Waals surface area contributed by atoms with Crippen molar-refractivity contribution in [1.82, 2.24) is 0 Å². The summed E-state index contributed by atoms with van der Waals surface area (Å²) in [5.41, 5.74) is 6.05. The van der Waals surface area contributed by atoms with Crippen LogP contribution in [0.2, 0.25) is 0 Å². The fourth-order valence-corrected chi connectivity index (χ4v) is 2.99. The zero-order valence-electron chi connectivity index (χ0n) is 12.6. The van der Waals surface area contributed by atoms with Crippen molar-refractivity contribution in [1.29, 1.82) is 0 Å². The third-order valence-corrected chi connectivity index (χ3v) is 4.09. The van der Waals surface area contributed by atoms with Gasteiger partial charge in [-0.15, -0.1) is 0 Å². The van der Waals surface area contributed by atoms with Crippen molar-refractivity contribution in [3.8, 4) is 11.1 Å². The lowest BCUT2D eigenvalue weighted by molar-refractivity contribution is -0.111. The Bertz CT molecular complexity index is 898. The van der Waals surface area contributed by atoms with Crippen LogP contribution in [0.15, 0.2) is 95.2 Å².